The van der Waals surface area contributed by atoms with Gasteiger partial charge in [-0.1, -0.05) is 35.9 Å². The zero-order valence-electron chi connectivity index (χ0n) is 17.7. The van der Waals surface area contributed by atoms with Gasteiger partial charge in [-0.05, 0) is 61.9 Å². The third kappa shape index (κ3) is 6.10. The molecule has 162 valence electrons. The highest BCUT2D eigenvalue weighted by atomic mass is 35.5. The lowest BCUT2D eigenvalue weighted by Crippen LogP contribution is -2.31. The molecule has 0 aliphatic heterocycles. The van der Waals surface area contributed by atoms with Crippen LogP contribution in [0.15, 0.2) is 66.7 Å². The van der Waals surface area contributed by atoms with Crippen LogP contribution in [0.4, 0.5) is 5.69 Å². The second-order valence-electron chi connectivity index (χ2n) is 7.40. The molecule has 0 spiro atoms. The number of ether oxygens (including phenoxy) is 1. The fraction of sp³-hybridized carbons (Fsp3) is 0.160. The molecule has 2 amide bonds. The summed E-state index contributed by atoms with van der Waals surface area (Å²) in [6.07, 6.45) is 0.278. The van der Waals surface area contributed by atoms with E-state index in [1.807, 2.05) is 19.9 Å². The first-order chi connectivity index (χ1) is 15.4. The van der Waals surface area contributed by atoms with Crippen LogP contribution in [-0.4, -0.2) is 17.9 Å². The summed E-state index contributed by atoms with van der Waals surface area (Å²) in [6.45, 7) is 3.82. The van der Waals surface area contributed by atoms with E-state index in [-0.39, 0.29) is 29.8 Å². The molecule has 6 nitrogen and oxygen atoms in total. The van der Waals surface area contributed by atoms with Crippen LogP contribution in [0.1, 0.15) is 35.3 Å². The van der Waals surface area contributed by atoms with E-state index in [2.05, 4.69) is 10.6 Å². The molecule has 0 saturated heterocycles. The van der Waals surface area contributed by atoms with E-state index < -0.39 is 0 Å². The lowest BCUT2D eigenvalue weighted by atomic mass is 10.1. The molecule has 0 radical (unpaired) electrons. The summed E-state index contributed by atoms with van der Waals surface area (Å²) in [5, 5.41) is 15.3. The number of anilines is 1. The number of carbonyl (C=O) groups excluding carboxylic acids is 2. The van der Waals surface area contributed by atoms with Crippen LogP contribution >= 0.6 is 11.6 Å². The minimum Gasteiger partial charge on any atom is -0.456 e. The Kier molecular flexibility index (Phi) is 7.48. The summed E-state index contributed by atoms with van der Waals surface area (Å²) in [5.74, 6) is 0.359. The topological polar surface area (TPSA) is 91.2 Å². The van der Waals surface area contributed by atoms with Crippen LogP contribution in [0, 0.1) is 11.3 Å². The van der Waals surface area contributed by atoms with Crippen molar-refractivity contribution in [1.29, 1.82) is 5.26 Å². The molecule has 0 bridgehead atoms. The highest BCUT2D eigenvalue weighted by molar-refractivity contribution is 6.31. The Morgan fingerprint density at radius 2 is 1.78 bits per heavy atom. The van der Waals surface area contributed by atoms with Crippen molar-refractivity contribution in [3.05, 3.63) is 88.4 Å². The van der Waals surface area contributed by atoms with Crippen molar-refractivity contribution in [2.45, 2.75) is 26.3 Å². The average Bonchev–Trinajstić information content (AvgIpc) is 2.75. The summed E-state index contributed by atoms with van der Waals surface area (Å²) in [5.41, 5.74) is 2.08. The molecule has 0 aliphatic rings. The minimum atomic E-state index is -0.313. The van der Waals surface area contributed by atoms with Crippen molar-refractivity contribution in [1.82, 2.24) is 5.32 Å². The van der Waals surface area contributed by atoms with Gasteiger partial charge < -0.3 is 15.4 Å². The van der Waals surface area contributed by atoms with Crippen molar-refractivity contribution in [2.24, 2.45) is 0 Å². The predicted molar refractivity (Wildman–Crippen MR) is 124 cm³/mol. The molecular formula is C25H22ClN3O3. The lowest BCUT2D eigenvalue weighted by molar-refractivity contribution is -0.120. The molecule has 0 heterocycles. The molecule has 3 rings (SSSR count). The predicted octanol–water partition coefficient (Wildman–Crippen LogP) is 5.32. The molecule has 0 aromatic heterocycles. The largest absolute Gasteiger partial charge is 0.456 e. The highest BCUT2D eigenvalue weighted by Gasteiger charge is 2.12. The molecule has 3 aromatic rings. The van der Waals surface area contributed by atoms with Crippen molar-refractivity contribution in [3.63, 3.8) is 0 Å². The van der Waals surface area contributed by atoms with Crippen molar-refractivity contribution < 1.29 is 14.3 Å². The average molecular weight is 448 g/mol. The summed E-state index contributed by atoms with van der Waals surface area (Å²) >= 11 is 6.04. The highest BCUT2D eigenvalue weighted by Crippen LogP contribution is 2.30. The Labute approximate surface area is 191 Å². The Balaban J connectivity index is 1.67. The number of nitrogens with one attached hydrogen (secondary N) is 2. The van der Waals surface area contributed by atoms with Gasteiger partial charge in [0.2, 0.25) is 5.91 Å². The summed E-state index contributed by atoms with van der Waals surface area (Å²) in [7, 11) is 0. The molecule has 7 heteroatoms. The summed E-state index contributed by atoms with van der Waals surface area (Å²) in [6, 6.07) is 20.8. The Morgan fingerprint density at radius 3 is 2.47 bits per heavy atom. The van der Waals surface area contributed by atoms with Crippen LogP contribution < -0.4 is 15.4 Å². The maximum Gasteiger partial charge on any atom is 0.255 e. The number of nitriles is 1. The molecular weight excluding hydrogens is 426 g/mol. The van der Waals surface area contributed by atoms with Crippen molar-refractivity contribution in [2.75, 3.05) is 5.32 Å². The standard InChI is InChI=1S/C25H22ClN3O3/c1-16(2)28-24(30)13-17-9-11-19(12-10-17)29-25(31)18-5-3-6-20(14-18)32-23-8-4-7-22(26)21(23)15-27/h3-12,14,16H,13H2,1-2H3,(H,28,30)(H,29,31). The number of benzene rings is 3. The molecule has 0 atom stereocenters. The van der Waals surface area contributed by atoms with Gasteiger partial charge in [-0.3, -0.25) is 9.59 Å². The van der Waals surface area contributed by atoms with E-state index in [9.17, 15) is 14.9 Å². The fourth-order valence-corrected chi connectivity index (χ4v) is 3.20. The van der Waals surface area contributed by atoms with Crippen LogP contribution in [0.25, 0.3) is 0 Å². The number of carbonyl (C=O) groups is 2. The van der Waals surface area contributed by atoms with Gasteiger partial charge in [-0.25, -0.2) is 0 Å². The van der Waals surface area contributed by atoms with Crippen molar-refractivity contribution >= 4 is 29.1 Å². The van der Waals surface area contributed by atoms with Crippen LogP contribution in [0.3, 0.4) is 0 Å². The van der Waals surface area contributed by atoms with Crippen LogP contribution in [-0.2, 0) is 11.2 Å². The molecule has 32 heavy (non-hydrogen) atoms. The normalized spacial score (nSPS) is 10.3. The number of nitrogens with zero attached hydrogens (tertiary/aromatic N) is 1. The first-order valence-electron chi connectivity index (χ1n) is 10.0. The van der Waals surface area contributed by atoms with E-state index in [0.29, 0.717) is 27.8 Å². The second-order valence-corrected chi connectivity index (χ2v) is 7.81. The van der Waals surface area contributed by atoms with Gasteiger partial charge in [0.05, 0.1) is 11.4 Å². The van der Waals surface area contributed by atoms with E-state index in [1.165, 1.54) is 0 Å². The second kappa shape index (κ2) is 10.5. The van der Waals surface area contributed by atoms with E-state index in [0.717, 1.165) is 5.56 Å². The van der Waals surface area contributed by atoms with Crippen LogP contribution in [0.2, 0.25) is 5.02 Å². The summed E-state index contributed by atoms with van der Waals surface area (Å²) < 4.78 is 5.78. The number of amides is 2. The molecule has 3 aromatic carbocycles. The Bertz CT molecular complexity index is 1170. The minimum absolute atomic E-state index is 0.0483. The maximum absolute atomic E-state index is 12.7. The molecule has 0 aliphatic carbocycles. The fourth-order valence-electron chi connectivity index (χ4n) is 2.99. The number of hydrogen-bond donors (Lipinski definition) is 2. The quantitative estimate of drug-likeness (QED) is 0.512. The third-order valence-corrected chi connectivity index (χ3v) is 4.75. The van der Waals surface area contributed by atoms with E-state index in [1.54, 1.807) is 66.7 Å². The van der Waals surface area contributed by atoms with E-state index in [4.69, 9.17) is 16.3 Å². The first kappa shape index (κ1) is 22.9. The van der Waals surface area contributed by atoms with Gasteiger partial charge in [-0.15, -0.1) is 0 Å². The first-order valence-corrected chi connectivity index (χ1v) is 10.4. The zero-order valence-corrected chi connectivity index (χ0v) is 18.4. The number of rotatable bonds is 7. The van der Waals surface area contributed by atoms with Gasteiger partial charge in [-0.2, -0.15) is 5.26 Å². The van der Waals surface area contributed by atoms with Gasteiger partial charge >= 0.3 is 0 Å². The van der Waals surface area contributed by atoms with Crippen molar-refractivity contribution in [3.8, 4) is 17.6 Å². The van der Waals surface area contributed by atoms with Crippen LogP contribution in [0.5, 0.6) is 11.5 Å². The van der Waals surface area contributed by atoms with Gasteiger partial charge in [0, 0.05) is 17.3 Å². The number of hydrogen-bond acceptors (Lipinski definition) is 4. The maximum atomic E-state index is 12.7. The summed E-state index contributed by atoms with van der Waals surface area (Å²) in [4.78, 5) is 24.6. The molecule has 0 unspecified atom stereocenters. The van der Waals surface area contributed by atoms with Gasteiger partial charge in [0.25, 0.3) is 5.91 Å². The van der Waals surface area contributed by atoms with E-state index >= 15 is 0 Å². The smallest absolute Gasteiger partial charge is 0.255 e. The Hall–Kier alpha value is -3.82. The van der Waals surface area contributed by atoms with Gasteiger partial charge in [0.15, 0.2) is 0 Å². The molecule has 0 saturated carbocycles. The SMILES string of the molecule is CC(C)NC(=O)Cc1ccc(NC(=O)c2cccc(Oc3cccc(Cl)c3C#N)c2)cc1. The van der Waals surface area contributed by atoms with Gasteiger partial charge in [0.1, 0.15) is 23.1 Å². The molecule has 0 fully saturated rings. The number of halogens is 1. The monoisotopic (exact) mass is 447 g/mol. The lowest BCUT2D eigenvalue weighted by Gasteiger charge is -2.11. The third-order valence-electron chi connectivity index (χ3n) is 4.44. The zero-order chi connectivity index (χ0) is 23.1. The Morgan fingerprint density at radius 1 is 1.06 bits per heavy atom. The molecule has 2 N–H and O–H groups in total.